The van der Waals surface area contributed by atoms with Crippen LogP contribution in [0, 0.1) is 17.8 Å². The molecule has 5 aliphatic rings. The first-order valence-corrected chi connectivity index (χ1v) is 11.0. The summed E-state index contributed by atoms with van der Waals surface area (Å²) < 4.78 is 34.7. The van der Waals surface area contributed by atoms with Crippen LogP contribution in [0.5, 0.6) is 5.75 Å². The van der Waals surface area contributed by atoms with Crippen LogP contribution in [0.3, 0.4) is 0 Å². The van der Waals surface area contributed by atoms with Gasteiger partial charge in [-0.2, -0.15) is 0 Å². The molecule has 1 amide bonds. The van der Waals surface area contributed by atoms with E-state index in [4.69, 9.17) is 4.74 Å². The molecule has 0 radical (unpaired) electrons. The van der Waals surface area contributed by atoms with Gasteiger partial charge in [0.15, 0.2) is 6.10 Å². The average Bonchev–Trinajstić information content (AvgIpc) is 2.53. The molecule has 4 saturated carbocycles. The highest BCUT2D eigenvalue weighted by molar-refractivity contribution is 7.89. The summed E-state index contributed by atoms with van der Waals surface area (Å²) in [4.78, 5) is 12.0. The predicted octanol–water partition coefficient (Wildman–Crippen LogP) is 2.65. The van der Waals surface area contributed by atoms with Gasteiger partial charge < -0.3 is 10.1 Å². The Balaban J connectivity index is 1.43. The van der Waals surface area contributed by atoms with Crippen molar-refractivity contribution in [3.8, 4) is 5.75 Å². The summed E-state index contributed by atoms with van der Waals surface area (Å²) >= 11 is 0. The van der Waals surface area contributed by atoms with Crippen molar-refractivity contribution < 1.29 is 17.9 Å². The van der Waals surface area contributed by atoms with Crippen LogP contribution in [-0.4, -0.2) is 26.0 Å². The minimum Gasteiger partial charge on any atom is -0.479 e. The number of amides is 1. The highest BCUT2D eigenvalue weighted by Crippen LogP contribution is 2.56. The van der Waals surface area contributed by atoms with Crippen molar-refractivity contribution >= 4 is 21.6 Å². The second-order valence-electron chi connectivity index (χ2n) is 8.71. The van der Waals surface area contributed by atoms with Gasteiger partial charge in [0.05, 0.1) is 10.6 Å². The maximum absolute atomic E-state index is 13.1. The van der Waals surface area contributed by atoms with Crippen LogP contribution in [0.25, 0.3) is 0 Å². The number of nitrogens with one attached hydrogen (secondary N) is 2. The summed E-state index contributed by atoms with van der Waals surface area (Å²) in [6.07, 6.45) is 6.10. The molecule has 0 aromatic heterocycles. The molecule has 1 heterocycles. The summed E-state index contributed by atoms with van der Waals surface area (Å²) in [6, 6.07) is 4.69. The minimum absolute atomic E-state index is 0.186. The molecule has 1 unspecified atom stereocenters. The zero-order chi connectivity index (χ0) is 18.1. The van der Waals surface area contributed by atoms with Gasteiger partial charge in [-0.05, 0) is 81.4 Å². The standard InChI is InChI=1S/C19H24N2O4S/c1-11-18(22)20-16-7-15(2-3-17(16)25-11)26(23,24)21-19-8-12-4-13(9-19)6-14(5-12)10-19/h2-3,7,11-14,21H,4-6,8-10H2,1H3,(H,20,22). The molecule has 1 atom stereocenters. The van der Waals surface area contributed by atoms with Gasteiger partial charge in [0.25, 0.3) is 5.91 Å². The molecule has 26 heavy (non-hydrogen) atoms. The normalized spacial score (nSPS) is 37.8. The molecule has 1 aromatic carbocycles. The SMILES string of the molecule is CC1Oc2ccc(S(=O)(=O)NC34CC5CC(CC(C5)C3)C4)cc2NC1=O. The van der Waals surface area contributed by atoms with E-state index in [1.165, 1.54) is 25.3 Å². The molecule has 1 aromatic rings. The molecule has 4 aliphatic carbocycles. The van der Waals surface area contributed by atoms with Gasteiger partial charge in [-0.3, -0.25) is 4.79 Å². The molecule has 140 valence electrons. The zero-order valence-electron chi connectivity index (χ0n) is 14.8. The first kappa shape index (κ1) is 16.6. The molecule has 0 spiro atoms. The van der Waals surface area contributed by atoms with E-state index >= 15 is 0 Å². The lowest BCUT2D eigenvalue weighted by atomic mass is 9.53. The van der Waals surface area contributed by atoms with Crippen molar-refractivity contribution in [1.29, 1.82) is 0 Å². The number of carbonyl (C=O) groups is 1. The van der Waals surface area contributed by atoms with Crippen LogP contribution in [0.4, 0.5) is 5.69 Å². The number of hydrogen-bond donors (Lipinski definition) is 2. The van der Waals surface area contributed by atoms with E-state index in [-0.39, 0.29) is 16.3 Å². The second kappa shape index (κ2) is 5.45. The fourth-order valence-electron chi connectivity index (χ4n) is 5.93. The van der Waals surface area contributed by atoms with Gasteiger partial charge in [-0.15, -0.1) is 0 Å². The molecule has 6 nitrogen and oxygen atoms in total. The Morgan fingerprint density at radius 1 is 1.12 bits per heavy atom. The summed E-state index contributed by atoms with van der Waals surface area (Å²) in [6.45, 7) is 1.66. The third-order valence-electron chi connectivity index (χ3n) is 6.58. The Bertz CT molecular complexity index is 844. The summed E-state index contributed by atoms with van der Waals surface area (Å²) in [5.41, 5.74) is 0.138. The van der Waals surface area contributed by atoms with Crippen LogP contribution in [0.15, 0.2) is 23.1 Å². The highest BCUT2D eigenvalue weighted by atomic mass is 32.2. The molecular formula is C19H24N2O4S. The maximum atomic E-state index is 13.1. The number of anilines is 1. The largest absolute Gasteiger partial charge is 0.479 e. The smallest absolute Gasteiger partial charge is 0.265 e. The van der Waals surface area contributed by atoms with Crippen LogP contribution < -0.4 is 14.8 Å². The quantitative estimate of drug-likeness (QED) is 0.849. The lowest BCUT2D eigenvalue weighted by Gasteiger charge is -2.56. The predicted molar refractivity (Wildman–Crippen MR) is 96.4 cm³/mol. The Hall–Kier alpha value is -1.60. The third kappa shape index (κ3) is 2.63. The van der Waals surface area contributed by atoms with E-state index in [0.29, 0.717) is 29.2 Å². The molecule has 6 rings (SSSR count). The lowest BCUT2D eigenvalue weighted by Crippen LogP contribution is -2.59. The number of sulfonamides is 1. The Morgan fingerprint density at radius 3 is 2.35 bits per heavy atom. The number of ether oxygens (including phenoxy) is 1. The second-order valence-corrected chi connectivity index (χ2v) is 10.4. The van der Waals surface area contributed by atoms with Crippen molar-refractivity contribution in [2.24, 2.45) is 17.8 Å². The van der Waals surface area contributed by atoms with Gasteiger partial charge >= 0.3 is 0 Å². The van der Waals surface area contributed by atoms with Crippen molar-refractivity contribution in [3.63, 3.8) is 0 Å². The van der Waals surface area contributed by atoms with E-state index in [1.807, 2.05) is 0 Å². The highest BCUT2D eigenvalue weighted by Gasteiger charge is 2.52. The van der Waals surface area contributed by atoms with Gasteiger partial charge in [0.2, 0.25) is 10.0 Å². The topological polar surface area (TPSA) is 84.5 Å². The van der Waals surface area contributed by atoms with Gasteiger partial charge in [-0.1, -0.05) is 0 Å². The van der Waals surface area contributed by atoms with E-state index in [0.717, 1.165) is 19.3 Å². The van der Waals surface area contributed by atoms with Gasteiger partial charge in [0, 0.05) is 5.54 Å². The average molecular weight is 376 g/mol. The van der Waals surface area contributed by atoms with E-state index < -0.39 is 16.1 Å². The van der Waals surface area contributed by atoms with Crippen molar-refractivity contribution in [2.75, 3.05) is 5.32 Å². The zero-order valence-corrected chi connectivity index (χ0v) is 15.6. The third-order valence-corrected chi connectivity index (χ3v) is 8.16. The molecular weight excluding hydrogens is 352 g/mol. The Morgan fingerprint density at radius 2 is 1.73 bits per heavy atom. The van der Waals surface area contributed by atoms with Gasteiger partial charge in [0.1, 0.15) is 5.75 Å². The van der Waals surface area contributed by atoms with Crippen LogP contribution in [-0.2, 0) is 14.8 Å². The molecule has 4 fully saturated rings. The first-order valence-electron chi connectivity index (χ1n) is 9.47. The molecule has 0 saturated heterocycles. The monoisotopic (exact) mass is 376 g/mol. The summed E-state index contributed by atoms with van der Waals surface area (Å²) in [5.74, 6) is 2.25. The first-order chi connectivity index (χ1) is 12.3. The maximum Gasteiger partial charge on any atom is 0.265 e. The van der Waals surface area contributed by atoms with Crippen LogP contribution in [0.1, 0.15) is 45.4 Å². The molecule has 7 heteroatoms. The van der Waals surface area contributed by atoms with Crippen molar-refractivity contribution in [3.05, 3.63) is 18.2 Å². The van der Waals surface area contributed by atoms with Crippen molar-refractivity contribution in [1.82, 2.24) is 4.72 Å². The Labute approximate surface area is 153 Å². The minimum atomic E-state index is -3.64. The van der Waals surface area contributed by atoms with E-state index in [2.05, 4.69) is 10.0 Å². The number of benzene rings is 1. The molecule has 4 bridgehead atoms. The van der Waals surface area contributed by atoms with E-state index in [9.17, 15) is 13.2 Å². The van der Waals surface area contributed by atoms with E-state index in [1.54, 1.807) is 19.1 Å². The fraction of sp³-hybridized carbons (Fsp3) is 0.632. The summed E-state index contributed by atoms with van der Waals surface area (Å²) in [5, 5.41) is 2.73. The Kier molecular flexibility index (Phi) is 3.47. The van der Waals surface area contributed by atoms with Gasteiger partial charge in [-0.25, -0.2) is 13.1 Å². The number of carbonyl (C=O) groups excluding carboxylic acids is 1. The molecule has 2 N–H and O–H groups in total. The van der Waals surface area contributed by atoms with Crippen molar-refractivity contribution in [2.45, 2.75) is 62.0 Å². The number of rotatable bonds is 3. The van der Waals surface area contributed by atoms with Crippen LogP contribution >= 0.6 is 0 Å². The lowest BCUT2D eigenvalue weighted by molar-refractivity contribution is -0.122. The van der Waals surface area contributed by atoms with Crippen LogP contribution in [0.2, 0.25) is 0 Å². The molecule has 1 aliphatic heterocycles. The summed E-state index contributed by atoms with van der Waals surface area (Å²) in [7, 11) is -3.64. The number of fused-ring (bicyclic) bond motifs is 1. The fourth-order valence-corrected chi connectivity index (χ4v) is 7.39. The number of hydrogen-bond acceptors (Lipinski definition) is 4.